The van der Waals surface area contributed by atoms with Gasteiger partial charge in [0.25, 0.3) is 5.91 Å². The molecule has 0 unspecified atom stereocenters. The smallest absolute Gasteiger partial charge is 0.348 e. The predicted molar refractivity (Wildman–Crippen MR) is 116 cm³/mol. The van der Waals surface area contributed by atoms with Crippen LogP contribution in [-0.4, -0.2) is 18.5 Å². The summed E-state index contributed by atoms with van der Waals surface area (Å²) in [7, 11) is 0. The summed E-state index contributed by atoms with van der Waals surface area (Å²) in [5, 5.41) is 5.99. The van der Waals surface area contributed by atoms with Gasteiger partial charge in [-0.2, -0.15) is 26.3 Å². The maximum Gasteiger partial charge on any atom is 0.416 e. The summed E-state index contributed by atoms with van der Waals surface area (Å²) < 4.78 is 79.5. The van der Waals surface area contributed by atoms with E-state index in [0.717, 1.165) is 0 Å². The molecule has 3 aromatic carbocycles. The molecular weight excluding hydrogens is 474 g/mol. The number of halogens is 6. The lowest BCUT2D eigenvalue weighted by Gasteiger charge is -2.28. The van der Waals surface area contributed by atoms with Crippen molar-refractivity contribution in [2.45, 2.75) is 24.3 Å². The van der Waals surface area contributed by atoms with E-state index < -0.39 is 46.9 Å². The quantitative estimate of drug-likeness (QED) is 0.165. The first-order valence-electron chi connectivity index (χ1n) is 10.2. The summed E-state index contributed by atoms with van der Waals surface area (Å²) in [5.74, 6) is -1.78. The van der Waals surface area contributed by atoms with Crippen molar-refractivity contribution in [3.63, 3.8) is 0 Å². The minimum absolute atomic E-state index is 0.0506. The van der Waals surface area contributed by atoms with Gasteiger partial charge in [0.2, 0.25) is 0 Å². The Morgan fingerprint density at radius 2 is 1.29 bits per heavy atom. The monoisotopic (exact) mass is 492 g/mol. The molecule has 3 rings (SSSR count). The van der Waals surface area contributed by atoms with Crippen LogP contribution >= 0.6 is 0 Å². The molecule has 1 amide bonds. The molecule has 35 heavy (non-hydrogen) atoms. The summed E-state index contributed by atoms with van der Waals surface area (Å²) in [6.45, 7) is -0.304. The van der Waals surface area contributed by atoms with E-state index in [1.54, 1.807) is 60.7 Å². The molecule has 182 valence electrons. The maximum atomic E-state index is 13.2. The van der Waals surface area contributed by atoms with Crippen molar-refractivity contribution in [2.24, 2.45) is 5.11 Å². The number of hydrogen-bond acceptors (Lipinski definition) is 2. The second-order valence-electron chi connectivity index (χ2n) is 7.59. The Labute approximate surface area is 196 Å². The molecule has 11 heteroatoms. The Morgan fingerprint density at radius 1 is 0.829 bits per heavy atom. The first kappa shape index (κ1) is 25.6. The molecule has 0 aliphatic rings. The molecule has 1 atom stereocenters. The highest BCUT2D eigenvalue weighted by atomic mass is 19.4. The minimum atomic E-state index is -5.10. The Morgan fingerprint density at radius 3 is 1.69 bits per heavy atom. The van der Waals surface area contributed by atoms with E-state index in [1.165, 1.54) is 0 Å². The van der Waals surface area contributed by atoms with Crippen LogP contribution in [-0.2, 0) is 12.4 Å². The average Bonchev–Trinajstić information content (AvgIpc) is 2.82. The van der Waals surface area contributed by atoms with Crippen LogP contribution in [0.4, 0.5) is 26.3 Å². The van der Waals surface area contributed by atoms with Crippen molar-refractivity contribution in [2.75, 3.05) is 6.54 Å². The first-order valence-corrected chi connectivity index (χ1v) is 10.2. The molecule has 0 heterocycles. The van der Waals surface area contributed by atoms with Crippen molar-refractivity contribution in [3.8, 4) is 0 Å². The third-order valence-electron chi connectivity index (χ3n) is 5.23. The molecule has 5 nitrogen and oxygen atoms in total. The molecule has 0 radical (unpaired) electrons. The third kappa shape index (κ3) is 6.54. The molecule has 0 aliphatic carbocycles. The second-order valence-corrected chi connectivity index (χ2v) is 7.59. The van der Waals surface area contributed by atoms with E-state index in [9.17, 15) is 31.1 Å². The number of nitrogens with one attached hydrogen (secondary N) is 1. The SMILES string of the molecule is [N-]=[N+]=NC[C@H](NC(=O)c1cc(C(F)(F)F)cc(C(F)(F)F)c1)C(c1ccccc1)c1ccccc1. The fourth-order valence-corrected chi connectivity index (χ4v) is 3.67. The number of carbonyl (C=O) groups excluding carboxylic acids is 1. The van der Waals surface area contributed by atoms with Gasteiger partial charge in [0.15, 0.2) is 0 Å². The van der Waals surface area contributed by atoms with E-state index >= 15 is 0 Å². The van der Waals surface area contributed by atoms with Crippen LogP contribution in [0, 0.1) is 0 Å². The zero-order valence-corrected chi connectivity index (χ0v) is 17.9. The number of nitrogens with zero attached hydrogens (tertiary/aromatic N) is 3. The van der Waals surface area contributed by atoms with Crippen LogP contribution < -0.4 is 5.32 Å². The first-order chi connectivity index (χ1) is 16.5. The molecule has 0 spiro atoms. The molecular formula is C24H18F6N4O. The number of hydrogen-bond donors (Lipinski definition) is 1. The van der Waals surface area contributed by atoms with Crippen molar-refractivity contribution in [1.29, 1.82) is 0 Å². The normalized spacial score (nSPS) is 12.7. The Hall–Kier alpha value is -3.98. The fraction of sp³-hybridized carbons (Fsp3) is 0.208. The Bertz CT molecular complexity index is 1130. The highest BCUT2D eigenvalue weighted by Crippen LogP contribution is 2.36. The number of amides is 1. The second kappa shape index (κ2) is 10.5. The lowest BCUT2D eigenvalue weighted by atomic mass is 9.84. The van der Waals surface area contributed by atoms with E-state index in [-0.39, 0.29) is 12.6 Å². The van der Waals surface area contributed by atoms with Gasteiger partial charge in [0.1, 0.15) is 0 Å². The highest BCUT2D eigenvalue weighted by molar-refractivity contribution is 5.95. The zero-order valence-electron chi connectivity index (χ0n) is 17.9. The highest BCUT2D eigenvalue weighted by Gasteiger charge is 2.38. The van der Waals surface area contributed by atoms with Crippen molar-refractivity contribution in [3.05, 3.63) is 117 Å². The van der Waals surface area contributed by atoms with Gasteiger partial charge in [0, 0.05) is 29.0 Å². The summed E-state index contributed by atoms with van der Waals surface area (Å²) in [5.41, 5.74) is 6.19. The molecule has 0 fully saturated rings. The summed E-state index contributed by atoms with van der Waals surface area (Å²) in [6, 6.07) is 17.1. The summed E-state index contributed by atoms with van der Waals surface area (Å²) in [6.07, 6.45) is -10.2. The molecule has 0 bridgehead atoms. The van der Waals surface area contributed by atoms with Crippen LogP contribution in [0.1, 0.15) is 38.5 Å². The van der Waals surface area contributed by atoms with Crippen LogP contribution in [0.5, 0.6) is 0 Å². The average molecular weight is 492 g/mol. The molecule has 3 aromatic rings. The van der Waals surface area contributed by atoms with E-state index in [0.29, 0.717) is 23.3 Å². The van der Waals surface area contributed by atoms with Crippen LogP contribution in [0.3, 0.4) is 0 Å². The zero-order chi connectivity index (χ0) is 25.6. The lowest BCUT2D eigenvalue weighted by molar-refractivity contribution is -0.143. The topological polar surface area (TPSA) is 77.9 Å². The molecule has 0 aliphatic heterocycles. The summed E-state index contributed by atoms with van der Waals surface area (Å²) in [4.78, 5) is 15.7. The molecule has 1 N–H and O–H groups in total. The Kier molecular flexibility index (Phi) is 7.71. The molecule has 0 aromatic heterocycles. The van der Waals surface area contributed by atoms with Gasteiger partial charge in [-0.3, -0.25) is 4.79 Å². The van der Waals surface area contributed by atoms with Crippen molar-refractivity contribution < 1.29 is 31.1 Å². The van der Waals surface area contributed by atoms with Crippen LogP contribution in [0.2, 0.25) is 0 Å². The summed E-state index contributed by atoms with van der Waals surface area (Å²) >= 11 is 0. The molecule has 0 saturated carbocycles. The minimum Gasteiger partial charge on any atom is -0.348 e. The van der Waals surface area contributed by atoms with E-state index in [1.807, 2.05) is 0 Å². The van der Waals surface area contributed by atoms with Crippen LogP contribution in [0.25, 0.3) is 10.4 Å². The van der Waals surface area contributed by atoms with Crippen molar-refractivity contribution in [1.82, 2.24) is 5.32 Å². The van der Waals surface area contributed by atoms with Gasteiger partial charge in [-0.05, 0) is 34.9 Å². The van der Waals surface area contributed by atoms with Gasteiger partial charge >= 0.3 is 12.4 Å². The van der Waals surface area contributed by atoms with Gasteiger partial charge in [-0.15, -0.1) is 0 Å². The van der Waals surface area contributed by atoms with Crippen LogP contribution in [0.15, 0.2) is 84.0 Å². The predicted octanol–water partition coefficient (Wildman–Crippen LogP) is 6.97. The largest absolute Gasteiger partial charge is 0.416 e. The van der Waals surface area contributed by atoms with E-state index in [2.05, 4.69) is 15.3 Å². The number of rotatable bonds is 7. The number of alkyl halides is 6. The number of benzene rings is 3. The van der Waals surface area contributed by atoms with Crippen molar-refractivity contribution >= 4 is 5.91 Å². The number of azide groups is 1. The standard InChI is InChI=1S/C24H18F6N4O/c25-23(26,27)18-11-17(12-19(13-18)24(28,29)30)22(35)33-20(14-32-34-31)21(15-7-3-1-4-8-15)16-9-5-2-6-10-16/h1-13,20-21H,14H2,(H,33,35)/t20-/m0/s1. The lowest BCUT2D eigenvalue weighted by Crippen LogP contribution is -2.42. The fourth-order valence-electron chi connectivity index (χ4n) is 3.67. The number of carbonyl (C=O) groups is 1. The maximum absolute atomic E-state index is 13.2. The van der Waals surface area contributed by atoms with E-state index in [4.69, 9.17) is 5.53 Å². The molecule has 0 saturated heterocycles. The third-order valence-corrected chi connectivity index (χ3v) is 5.23. The van der Waals surface area contributed by atoms with Gasteiger partial charge in [-0.25, -0.2) is 0 Å². The Balaban J connectivity index is 2.06. The van der Waals surface area contributed by atoms with Gasteiger partial charge < -0.3 is 5.32 Å². The van der Waals surface area contributed by atoms with Gasteiger partial charge in [0.05, 0.1) is 11.1 Å². The van der Waals surface area contributed by atoms with Gasteiger partial charge in [-0.1, -0.05) is 65.8 Å².